The Morgan fingerprint density at radius 1 is 1.30 bits per heavy atom. The molecule has 2 aromatic rings. The van der Waals surface area contributed by atoms with E-state index < -0.39 is 0 Å². The van der Waals surface area contributed by atoms with Crippen molar-refractivity contribution in [2.75, 3.05) is 0 Å². The molecule has 0 aromatic carbocycles. The molecular weight excluding hydrogens is 340 g/mol. The number of hydrogen-bond acceptors (Lipinski definition) is 3. The van der Waals surface area contributed by atoms with Gasteiger partial charge in [0.05, 0.1) is 23.4 Å². The van der Waals surface area contributed by atoms with Crippen LogP contribution in [0.2, 0.25) is 0 Å². The van der Waals surface area contributed by atoms with Gasteiger partial charge in [0.15, 0.2) is 0 Å². The van der Waals surface area contributed by atoms with Crippen LogP contribution < -0.4 is 0 Å². The van der Waals surface area contributed by atoms with E-state index in [0.29, 0.717) is 11.4 Å². The Labute approximate surface area is 161 Å². The third-order valence-electron chi connectivity index (χ3n) is 5.18. The summed E-state index contributed by atoms with van der Waals surface area (Å²) < 4.78 is 9.58. The molecule has 0 fully saturated rings. The van der Waals surface area contributed by atoms with Crippen LogP contribution in [0.15, 0.2) is 24.4 Å². The van der Waals surface area contributed by atoms with Crippen molar-refractivity contribution in [2.45, 2.75) is 78.5 Å². The maximum Gasteiger partial charge on any atom is 0.315 e. The first-order valence-corrected chi connectivity index (χ1v) is 10.0. The first kappa shape index (κ1) is 19.5. The monoisotopic (exact) mass is 370 g/mol. The molecule has 0 radical (unpaired) electrons. The van der Waals surface area contributed by atoms with Gasteiger partial charge in [0.2, 0.25) is 5.78 Å². The van der Waals surface area contributed by atoms with Crippen molar-refractivity contribution >= 4 is 11.8 Å². The largest absolute Gasteiger partial charge is 0.462 e. The summed E-state index contributed by atoms with van der Waals surface area (Å²) in [6.07, 6.45) is 5.49. The zero-order valence-electron chi connectivity index (χ0n) is 16.8. The van der Waals surface area contributed by atoms with Crippen LogP contribution in [0.4, 0.5) is 0 Å². The lowest BCUT2D eigenvalue weighted by Gasteiger charge is -2.18. The molecule has 1 aliphatic heterocycles. The maximum atomic E-state index is 13.4. The number of nitrogens with zero attached hydrogens (tertiary/aromatic N) is 2. The Morgan fingerprint density at radius 3 is 2.78 bits per heavy atom. The highest BCUT2D eigenvalue weighted by molar-refractivity contribution is 6.08. The molecule has 27 heavy (non-hydrogen) atoms. The fourth-order valence-corrected chi connectivity index (χ4v) is 4.04. The summed E-state index contributed by atoms with van der Waals surface area (Å²) in [7, 11) is 0. The Hall–Kier alpha value is -2.30. The van der Waals surface area contributed by atoms with Gasteiger partial charge in [0.1, 0.15) is 0 Å². The highest BCUT2D eigenvalue weighted by atomic mass is 16.5. The maximum absolute atomic E-state index is 13.4. The second kappa shape index (κ2) is 8.15. The van der Waals surface area contributed by atoms with E-state index in [2.05, 4.69) is 11.5 Å². The topological polar surface area (TPSA) is 53.2 Å². The van der Waals surface area contributed by atoms with E-state index in [1.165, 1.54) is 0 Å². The fourth-order valence-electron chi connectivity index (χ4n) is 4.04. The van der Waals surface area contributed by atoms with Gasteiger partial charge in [-0.15, -0.1) is 0 Å². The van der Waals surface area contributed by atoms with Crippen LogP contribution in [0, 0.1) is 6.92 Å². The van der Waals surface area contributed by atoms with Crippen molar-refractivity contribution in [2.24, 2.45) is 0 Å². The van der Waals surface area contributed by atoms with E-state index in [-0.39, 0.29) is 23.8 Å². The average Bonchev–Trinajstić information content (AvgIpc) is 3.13. The summed E-state index contributed by atoms with van der Waals surface area (Å²) >= 11 is 0. The molecule has 0 saturated carbocycles. The van der Waals surface area contributed by atoms with Crippen LogP contribution in [0.25, 0.3) is 0 Å². The summed E-state index contributed by atoms with van der Waals surface area (Å²) in [5.74, 6) is -0.438. The van der Waals surface area contributed by atoms with Crippen LogP contribution in [0.1, 0.15) is 79.8 Å². The molecule has 0 bridgehead atoms. The first-order chi connectivity index (χ1) is 12.9. The van der Waals surface area contributed by atoms with Gasteiger partial charge in [0, 0.05) is 25.0 Å². The lowest BCUT2D eigenvalue weighted by Crippen LogP contribution is -2.22. The van der Waals surface area contributed by atoms with Crippen LogP contribution in [0.3, 0.4) is 0 Å². The normalized spacial score (nSPS) is 16.9. The molecule has 5 heteroatoms. The second-order valence-electron chi connectivity index (χ2n) is 7.70. The van der Waals surface area contributed by atoms with E-state index >= 15 is 0 Å². The van der Waals surface area contributed by atoms with Crippen molar-refractivity contribution in [1.29, 1.82) is 0 Å². The molecule has 1 unspecified atom stereocenters. The molecule has 5 nitrogen and oxygen atoms in total. The number of carbonyl (C=O) groups is 2. The van der Waals surface area contributed by atoms with E-state index in [1.807, 2.05) is 49.7 Å². The predicted octanol–water partition coefficient (Wildman–Crippen LogP) is 4.46. The minimum atomic E-state index is -0.294. The van der Waals surface area contributed by atoms with Gasteiger partial charge >= 0.3 is 5.97 Å². The summed E-state index contributed by atoms with van der Waals surface area (Å²) in [6, 6.07) is 5.82. The summed E-state index contributed by atoms with van der Waals surface area (Å²) in [6.45, 7) is 9.40. The third-order valence-corrected chi connectivity index (χ3v) is 5.18. The molecule has 146 valence electrons. The molecule has 3 rings (SSSR count). The van der Waals surface area contributed by atoms with Crippen molar-refractivity contribution < 1.29 is 14.3 Å². The molecule has 0 amide bonds. The van der Waals surface area contributed by atoms with Gasteiger partial charge in [-0.05, 0) is 63.8 Å². The number of ether oxygens (including phenoxy) is 1. The lowest BCUT2D eigenvalue weighted by atomic mass is 9.99. The summed E-state index contributed by atoms with van der Waals surface area (Å²) in [5, 5.41) is 0. The van der Waals surface area contributed by atoms with E-state index in [0.717, 1.165) is 50.0 Å². The van der Waals surface area contributed by atoms with Crippen molar-refractivity contribution in [3.8, 4) is 0 Å². The van der Waals surface area contributed by atoms with Crippen LogP contribution in [-0.2, 0) is 22.6 Å². The third kappa shape index (κ3) is 3.87. The van der Waals surface area contributed by atoms with Crippen LogP contribution >= 0.6 is 0 Å². The van der Waals surface area contributed by atoms with E-state index in [4.69, 9.17) is 4.74 Å². The minimum Gasteiger partial charge on any atom is -0.462 e. The van der Waals surface area contributed by atoms with Gasteiger partial charge in [-0.1, -0.05) is 13.3 Å². The van der Waals surface area contributed by atoms with Gasteiger partial charge in [-0.2, -0.15) is 0 Å². The fraction of sp³-hybridized carbons (Fsp3) is 0.545. The number of fused-ring (bicyclic) bond motifs is 1. The molecule has 2 aromatic heterocycles. The standard InChI is InChI=1S/C22H30N2O3/c1-5-11-23-12-8-10-18(23)21(25)20-16(4)14-19-17(22(26)27-15(2)3)9-6-7-13-24(19)20/h8,10,12,14-15,17H,5-7,9,11,13H2,1-4H3. The van der Waals surface area contributed by atoms with Crippen LogP contribution in [0.5, 0.6) is 0 Å². The molecule has 0 saturated heterocycles. The van der Waals surface area contributed by atoms with Crippen molar-refractivity contribution in [3.63, 3.8) is 0 Å². The summed E-state index contributed by atoms with van der Waals surface area (Å²) in [4.78, 5) is 26.0. The van der Waals surface area contributed by atoms with Crippen molar-refractivity contribution in [3.05, 3.63) is 47.0 Å². The number of carbonyl (C=O) groups excluding carboxylic acids is 2. The Kier molecular flexibility index (Phi) is 5.88. The molecule has 0 spiro atoms. The quantitative estimate of drug-likeness (QED) is 0.557. The number of esters is 1. The number of hydrogen-bond donors (Lipinski definition) is 0. The van der Waals surface area contributed by atoms with Crippen LogP contribution in [-0.4, -0.2) is 27.0 Å². The van der Waals surface area contributed by atoms with Gasteiger partial charge in [-0.3, -0.25) is 9.59 Å². The highest BCUT2D eigenvalue weighted by Gasteiger charge is 2.32. The SMILES string of the molecule is CCCn1cccc1C(=O)c1c(C)cc2n1CCCCC2C(=O)OC(C)C. The Morgan fingerprint density at radius 2 is 2.07 bits per heavy atom. The second-order valence-corrected chi connectivity index (χ2v) is 7.70. The molecule has 1 atom stereocenters. The minimum absolute atomic E-state index is 0.0371. The number of aryl methyl sites for hydroxylation is 2. The summed E-state index contributed by atoms with van der Waals surface area (Å²) in [5.41, 5.74) is 3.28. The van der Waals surface area contributed by atoms with Crippen molar-refractivity contribution in [1.82, 2.24) is 9.13 Å². The Balaban J connectivity index is 2.01. The highest BCUT2D eigenvalue weighted by Crippen LogP contribution is 2.33. The zero-order valence-corrected chi connectivity index (χ0v) is 16.8. The lowest BCUT2D eigenvalue weighted by molar-refractivity contribution is -0.149. The smallest absolute Gasteiger partial charge is 0.315 e. The molecule has 0 N–H and O–H groups in total. The molecular formula is C22H30N2O3. The number of ketones is 1. The van der Waals surface area contributed by atoms with Gasteiger partial charge in [0.25, 0.3) is 0 Å². The Bertz CT molecular complexity index is 829. The van der Waals surface area contributed by atoms with Gasteiger partial charge < -0.3 is 13.9 Å². The van der Waals surface area contributed by atoms with E-state index in [1.54, 1.807) is 0 Å². The molecule has 3 heterocycles. The molecule has 0 aliphatic carbocycles. The first-order valence-electron chi connectivity index (χ1n) is 10.0. The van der Waals surface area contributed by atoms with Gasteiger partial charge in [-0.25, -0.2) is 0 Å². The number of rotatable bonds is 6. The number of aromatic nitrogens is 2. The average molecular weight is 370 g/mol. The van der Waals surface area contributed by atoms with E-state index in [9.17, 15) is 9.59 Å². The zero-order chi connectivity index (χ0) is 19.6. The predicted molar refractivity (Wildman–Crippen MR) is 105 cm³/mol. The molecule has 1 aliphatic rings.